The molecule has 0 saturated carbocycles. The fourth-order valence-electron chi connectivity index (χ4n) is 1.59. The Labute approximate surface area is 116 Å². The smallest absolute Gasteiger partial charge is 0.267 e. The van der Waals surface area contributed by atoms with E-state index in [0.29, 0.717) is 5.56 Å². The van der Waals surface area contributed by atoms with Crippen LogP contribution in [0, 0.1) is 0 Å². The van der Waals surface area contributed by atoms with Crippen LogP contribution < -0.4 is 5.43 Å². The molecule has 0 aliphatic heterocycles. The number of carbonyl (C=O) groups is 1. The Morgan fingerprint density at radius 2 is 2.32 bits per heavy atom. The van der Waals surface area contributed by atoms with Crippen molar-refractivity contribution in [2.75, 3.05) is 0 Å². The Bertz CT molecular complexity index is 549. The molecule has 0 saturated heterocycles. The number of aromatic nitrogens is 1. The molecule has 2 aromatic rings. The summed E-state index contributed by atoms with van der Waals surface area (Å²) in [5.74, 6) is -0.238. The molecule has 19 heavy (non-hydrogen) atoms. The van der Waals surface area contributed by atoms with E-state index in [9.17, 15) is 4.79 Å². The molecule has 98 valence electrons. The van der Waals surface area contributed by atoms with Crippen molar-refractivity contribution in [1.29, 1.82) is 0 Å². The summed E-state index contributed by atoms with van der Waals surface area (Å²) in [6.45, 7) is 2.09. The van der Waals surface area contributed by atoms with Crippen molar-refractivity contribution in [2.24, 2.45) is 5.10 Å². The molecule has 0 aliphatic carbocycles. The molecule has 1 amide bonds. The van der Waals surface area contributed by atoms with E-state index in [1.54, 1.807) is 29.7 Å². The van der Waals surface area contributed by atoms with Crippen LogP contribution in [0.1, 0.15) is 35.0 Å². The minimum atomic E-state index is -0.238. The number of hydrogen-bond acceptors (Lipinski definition) is 4. The van der Waals surface area contributed by atoms with E-state index < -0.39 is 0 Å². The van der Waals surface area contributed by atoms with E-state index in [2.05, 4.69) is 22.4 Å². The number of thiophene rings is 1. The van der Waals surface area contributed by atoms with Gasteiger partial charge < -0.3 is 0 Å². The average molecular weight is 273 g/mol. The molecule has 4 nitrogen and oxygen atoms in total. The van der Waals surface area contributed by atoms with Crippen LogP contribution in [0.5, 0.6) is 0 Å². The van der Waals surface area contributed by atoms with Gasteiger partial charge in [0.25, 0.3) is 5.91 Å². The van der Waals surface area contributed by atoms with Crippen molar-refractivity contribution >= 4 is 23.0 Å². The highest BCUT2D eigenvalue weighted by Gasteiger charge is 2.07. The lowest BCUT2D eigenvalue weighted by Crippen LogP contribution is -2.20. The lowest BCUT2D eigenvalue weighted by atomic mass is 10.2. The summed E-state index contributed by atoms with van der Waals surface area (Å²) >= 11 is 1.62. The molecule has 0 radical (unpaired) electrons. The highest BCUT2D eigenvalue weighted by atomic mass is 32.1. The summed E-state index contributed by atoms with van der Waals surface area (Å²) in [7, 11) is 0. The van der Waals surface area contributed by atoms with Gasteiger partial charge in [-0.1, -0.05) is 19.4 Å². The monoisotopic (exact) mass is 273 g/mol. The third-order valence-corrected chi connectivity index (χ3v) is 3.43. The first-order valence-electron chi connectivity index (χ1n) is 6.12. The number of rotatable bonds is 5. The van der Waals surface area contributed by atoms with E-state index in [1.165, 1.54) is 6.20 Å². The van der Waals surface area contributed by atoms with Crippen molar-refractivity contribution in [3.63, 3.8) is 0 Å². The van der Waals surface area contributed by atoms with Gasteiger partial charge in [-0.25, -0.2) is 5.43 Å². The van der Waals surface area contributed by atoms with Crippen molar-refractivity contribution in [3.8, 4) is 0 Å². The van der Waals surface area contributed by atoms with E-state index >= 15 is 0 Å². The van der Waals surface area contributed by atoms with Crippen molar-refractivity contribution in [1.82, 2.24) is 10.4 Å². The van der Waals surface area contributed by atoms with Crippen LogP contribution in [-0.4, -0.2) is 16.6 Å². The maximum atomic E-state index is 11.9. The molecule has 0 aliphatic rings. The van der Waals surface area contributed by atoms with Crippen LogP contribution >= 0.6 is 11.3 Å². The Balaban J connectivity index is 2.09. The van der Waals surface area contributed by atoms with Gasteiger partial charge in [0.1, 0.15) is 0 Å². The summed E-state index contributed by atoms with van der Waals surface area (Å²) in [5.41, 5.74) is 4.01. The van der Waals surface area contributed by atoms with Gasteiger partial charge in [-0.3, -0.25) is 9.78 Å². The minimum Gasteiger partial charge on any atom is -0.267 e. The van der Waals surface area contributed by atoms with E-state index in [1.807, 2.05) is 17.5 Å². The van der Waals surface area contributed by atoms with Gasteiger partial charge in [-0.05, 0) is 30.0 Å². The third kappa shape index (κ3) is 3.72. The quantitative estimate of drug-likeness (QED) is 0.672. The number of nitrogens with one attached hydrogen (secondary N) is 1. The van der Waals surface area contributed by atoms with Crippen molar-refractivity contribution in [3.05, 3.63) is 52.5 Å². The second-order valence-electron chi connectivity index (χ2n) is 3.97. The second kappa shape index (κ2) is 6.80. The summed E-state index contributed by atoms with van der Waals surface area (Å²) < 4.78 is 0. The Kier molecular flexibility index (Phi) is 4.80. The third-order valence-electron chi connectivity index (χ3n) is 2.51. The molecule has 0 fully saturated rings. The average Bonchev–Trinajstić information content (AvgIpc) is 2.98. The van der Waals surface area contributed by atoms with Crippen molar-refractivity contribution in [2.45, 2.75) is 19.8 Å². The van der Waals surface area contributed by atoms with E-state index in [-0.39, 0.29) is 5.91 Å². The summed E-state index contributed by atoms with van der Waals surface area (Å²) in [6, 6.07) is 7.43. The standard InChI is InChI=1S/C14H15N3OS/c1-2-5-12(13-7-4-9-19-13)16-17-14(18)11-6-3-8-15-10-11/h3-4,6-10H,2,5H2,1H3,(H,17,18)/b16-12-. The summed E-state index contributed by atoms with van der Waals surface area (Å²) in [6.07, 6.45) is 4.98. The Hall–Kier alpha value is -2.01. The number of pyridine rings is 1. The zero-order valence-electron chi connectivity index (χ0n) is 10.7. The van der Waals surface area contributed by atoms with Gasteiger partial charge in [0.2, 0.25) is 0 Å². The molecule has 2 rings (SSSR count). The van der Waals surface area contributed by atoms with E-state index in [4.69, 9.17) is 0 Å². The maximum Gasteiger partial charge on any atom is 0.272 e. The molecular formula is C14H15N3OS. The van der Waals surface area contributed by atoms with Crippen LogP contribution in [0.25, 0.3) is 0 Å². The first-order valence-corrected chi connectivity index (χ1v) is 7.00. The van der Waals surface area contributed by atoms with Gasteiger partial charge in [-0.2, -0.15) is 5.10 Å². The van der Waals surface area contributed by atoms with Crippen LogP contribution in [0.3, 0.4) is 0 Å². The van der Waals surface area contributed by atoms with Crippen LogP contribution in [0.2, 0.25) is 0 Å². The Morgan fingerprint density at radius 3 is 2.95 bits per heavy atom. The van der Waals surface area contributed by atoms with E-state index in [0.717, 1.165) is 23.4 Å². The Morgan fingerprint density at radius 1 is 1.42 bits per heavy atom. The predicted molar refractivity (Wildman–Crippen MR) is 77.5 cm³/mol. The molecule has 0 atom stereocenters. The number of hydrazone groups is 1. The van der Waals surface area contributed by atoms with Gasteiger partial charge in [0.05, 0.1) is 16.2 Å². The van der Waals surface area contributed by atoms with Crippen molar-refractivity contribution < 1.29 is 4.79 Å². The lowest BCUT2D eigenvalue weighted by molar-refractivity contribution is 0.0954. The maximum absolute atomic E-state index is 11.9. The first-order chi connectivity index (χ1) is 9.31. The molecule has 0 spiro atoms. The summed E-state index contributed by atoms with van der Waals surface area (Å²) in [4.78, 5) is 16.9. The number of carbonyl (C=O) groups excluding carboxylic acids is 1. The highest BCUT2D eigenvalue weighted by molar-refractivity contribution is 7.12. The van der Waals surface area contributed by atoms with Gasteiger partial charge in [0.15, 0.2) is 0 Å². The van der Waals surface area contributed by atoms with Gasteiger partial charge in [0, 0.05) is 12.4 Å². The van der Waals surface area contributed by atoms with Crippen LogP contribution in [0.4, 0.5) is 0 Å². The number of amides is 1. The number of hydrogen-bond donors (Lipinski definition) is 1. The summed E-state index contributed by atoms with van der Waals surface area (Å²) in [5, 5.41) is 6.24. The topological polar surface area (TPSA) is 54.4 Å². The SMILES string of the molecule is CCC/C(=N/NC(=O)c1cccnc1)c1cccs1. The molecular weight excluding hydrogens is 258 g/mol. The zero-order valence-corrected chi connectivity index (χ0v) is 11.5. The molecule has 2 aromatic heterocycles. The molecule has 1 N–H and O–H groups in total. The molecule has 5 heteroatoms. The fraction of sp³-hybridized carbons (Fsp3) is 0.214. The second-order valence-corrected chi connectivity index (χ2v) is 4.92. The zero-order chi connectivity index (χ0) is 13.5. The highest BCUT2D eigenvalue weighted by Crippen LogP contribution is 2.13. The minimum absolute atomic E-state index is 0.238. The molecule has 0 aromatic carbocycles. The molecule has 0 bridgehead atoms. The van der Waals surface area contributed by atoms with Crippen LogP contribution in [0.15, 0.2) is 47.1 Å². The predicted octanol–water partition coefficient (Wildman–Crippen LogP) is 3.08. The number of nitrogens with zero attached hydrogens (tertiary/aromatic N) is 2. The lowest BCUT2D eigenvalue weighted by Gasteiger charge is -2.04. The molecule has 2 heterocycles. The first kappa shape index (κ1) is 13.4. The van der Waals surface area contributed by atoms with Gasteiger partial charge >= 0.3 is 0 Å². The van der Waals surface area contributed by atoms with Gasteiger partial charge in [-0.15, -0.1) is 11.3 Å². The molecule has 0 unspecified atom stereocenters. The fourth-order valence-corrected chi connectivity index (χ4v) is 2.34. The van der Waals surface area contributed by atoms with Crippen LogP contribution in [-0.2, 0) is 0 Å². The largest absolute Gasteiger partial charge is 0.272 e. The normalized spacial score (nSPS) is 11.3.